The number of thiazole rings is 1. The van der Waals surface area contributed by atoms with E-state index in [4.69, 9.17) is 4.42 Å². The lowest BCUT2D eigenvalue weighted by Gasteiger charge is -2.14. The second-order valence-corrected chi connectivity index (χ2v) is 5.79. The van der Waals surface area contributed by atoms with E-state index < -0.39 is 5.63 Å². The first-order chi connectivity index (χ1) is 10.5. The van der Waals surface area contributed by atoms with Crippen LogP contribution in [-0.4, -0.2) is 22.1 Å². The van der Waals surface area contributed by atoms with E-state index in [-0.39, 0.29) is 17.0 Å². The maximum atomic E-state index is 11.7. The highest BCUT2D eigenvalue weighted by atomic mass is 32.1. The van der Waals surface area contributed by atoms with Gasteiger partial charge in [0, 0.05) is 26.0 Å². The van der Waals surface area contributed by atoms with E-state index in [0.717, 1.165) is 5.56 Å². The highest BCUT2D eigenvalue weighted by molar-refractivity contribution is 7.22. The van der Waals surface area contributed by atoms with Crippen LogP contribution >= 0.6 is 11.3 Å². The summed E-state index contributed by atoms with van der Waals surface area (Å²) in [6.07, 6.45) is 3.51. The third kappa shape index (κ3) is 2.71. The molecule has 0 radical (unpaired) electrons. The topological polar surface area (TPSA) is 79.5 Å². The molecule has 0 amide bonds. The summed E-state index contributed by atoms with van der Waals surface area (Å²) in [6, 6.07) is 5.40. The lowest BCUT2D eigenvalue weighted by molar-refractivity contribution is 0.497. The number of rotatable bonds is 4. The first-order valence-corrected chi connectivity index (χ1v) is 7.29. The average molecular weight is 315 g/mol. The van der Waals surface area contributed by atoms with Crippen molar-refractivity contribution in [2.75, 3.05) is 11.9 Å². The second kappa shape index (κ2) is 5.61. The number of aliphatic hydroxyl groups excluding tert-OH is 1. The Morgan fingerprint density at radius 1 is 1.55 bits per heavy atom. The molecular formula is C15H13N3O3S. The van der Waals surface area contributed by atoms with Gasteiger partial charge in [-0.15, -0.1) is 0 Å². The van der Waals surface area contributed by atoms with Gasteiger partial charge in [0.1, 0.15) is 11.3 Å². The molecule has 0 atom stereocenters. The van der Waals surface area contributed by atoms with Crippen LogP contribution < -0.4 is 10.5 Å². The van der Waals surface area contributed by atoms with Gasteiger partial charge in [-0.05, 0) is 17.7 Å². The predicted molar refractivity (Wildman–Crippen MR) is 86.2 cm³/mol. The molecule has 112 valence electrons. The van der Waals surface area contributed by atoms with Crippen LogP contribution in [0.25, 0.3) is 16.2 Å². The van der Waals surface area contributed by atoms with E-state index in [9.17, 15) is 9.90 Å². The minimum absolute atomic E-state index is 0.0533. The third-order valence-corrected chi connectivity index (χ3v) is 4.17. The van der Waals surface area contributed by atoms with Crippen molar-refractivity contribution in [1.82, 2.24) is 9.97 Å². The lowest BCUT2D eigenvalue weighted by atomic mass is 10.2. The van der Waals surface area contributed by atoms with E-state index in [1.54, 1.807) is 18.5 Å². The van der Waals surface area contributed by atoms with Crippen molar-refractivity contribution in [2.24, 2.45) is 0 Å². The molecule has 7 heteroatoms. The van der Waals surface area contributed by atoms with Gasteiger partial charge in [0.15, 0.2) is 5.13 Å². The quantitative estimate of drug-likeness (QED) is 0.746. The molecule has 0 saturated carbocycles. The third-order valence-electron chi connectivity index (χ3n) is 3.07. The monoisotopic (exact) mass is 315 g/mol. The van der Waals surface area contributed by atoms with E-state index in [1.807, 2.05) is 24.1 Å². The lowest BCUT2D eigenvalue weighted by Crippen LogP contribution is -2.16. The molecule has 0 fully saturated rings. The summed E-state index contributed by atoms with van der Waals surface area (Å²) in [5, 5.41) is 10.1. The Bertz CT molecular complexity index is 886. The van der Waals surface area contributed by atoms with Gasteiger partial charge in [0.2, 0.25) is 5.71 Å². The molecule has 0 unspecified atom stereocenters. The molecule has 1 N–H and O–H groups in total. The largest absolute Gasteiger partial charge is 0.508 e. The second-order valence-electron chi connectivity index (χ2n) is 4.78. The number of hydrogen-bond donors (Lipinski definition) is 1. The Hall–Kier alpha value is -2.67. The molecule has 0 aliphatic carbocycles. The number of aromatic nitrogens is 2. The number of hydrogen-bond acceptors (Lipinski definition) is 7. The molecular weight excluding hydrogens is 302 g/mol. The Morgan fingerprint density at radius 3 is 3.05 bits per heavy atom. The van der Waals surface area contributed by atoms with Crippen LogP contribution in [0.4, 0.5) is 5.13 Å². The molecule has 0 saturated heterocycles. The fourth-order valence-corrected chi connectivity index (χ4v) is 2.90. The summed E-state index contributed by atoms with van der Waals surface area (Å²) in [6.45, 7) is 3.99. The van der Waals surface area contributed by atoms with Gasteiger partial charge in [0.05, 0.1) is 4.70 Å². The Balaban J connectivity index is 1.94. The van der Waals surface area contributed by atoms with Gasteiger partial charge in [-0.2, -0.15) is 4.98 Å². The summed E-state index contributed by atoms with van der Waals surface area (Å²) in [5.41, 5.74) is 0.715. The number of pyridine rings is 1. The first kappa shape index (κ1) is 14.3. The zero-order valence-electron chi connectivity index (χ0n) is 11.8. The molecule has 3 heterocycles. The van der Waals surface area contributed by atoms with Crippen molar-refractivity contribution in [2.45, 2.75) is 6.54 Å². The highest BCUT2D eigenvalue weighted by Crippen LogP contribution is 2.29. The van der Waals surface area contributed by atoms with E-state index in [1.165, 1.54) is 11.3 Å². The van der Waals surface area contributed by atoms with Gasteiger partial charge in [-0.25, -0.2) is 4.79 Å². The zero-order valence-corrected chi connectivity index (χ0v) is 12.6. The van der Waals surface area contributed by atoms with E-state index in [2.05, 4.69) is 16.5 Å². The Morgan fingerprint density at radius 2 is 2.36 bits per heavy atom. The summed E-state index contributed by atoms with van der Waals surface area (Å²) in [5.74, 6) is -0.311. The van der Waals surface area contributed by atoms with Crippen LogP contribution in [0.15, 0.2) is 46.4 Å². The maximum Gasteiger partial charge on any atom is 0.348 e. The van der Waals surface area contributed by atoms with Gasteiger partial charge >= 0.3 is 5.63 Å². The summed E-state index contributed by atoms with van der Waals surface area (Å²) >= 11 is 1.37. The summed E-state index contributed by atoms with van der Waals surface area (Å²) in [7, 11) is 1.90. The average Bonchev–Trinajstić information content (AvgIpc) is 2.90. The van der Waals surface area contributed by atoms with Gasteiger partial charge < -0.3 is 14.4 Å². The zero-order chi connectivity index (χ0) is 15.7. The van der Waals surface area contributed by atoms with Gasteiger partial charge in [0.25, 0.3) is 0 Å². The standard InChI is InChI=1S/C15H13N3O3S/c1-9(19)11-6-12-13(21-14(11)20)17-15(22-12)18(2)8-10-4-3-5-16-7-10/h3-7,19H,1,8H2,2H3. The smallest absolute Gasteiger partial charge is 0.348 e. The molecule has 0 bridgehead atoms. The Labute approximate surface area is 130 Å². The fraction of sp³-hybridized carbons (Fsp3) is 0.133. The summed E-state index contributed by atoms with van der Waals surface area (Å²) < 4.78 is 5.80. The van der Waals surface area contributed by atoms with Crippen LogP contribution in [0, 0.1) is 0 Å². The normalized spacial score (nSPS) is 10.8. The maximum absolute atomic E-state index is 11.7. The van der Waals surface area contributed by atoms with Crippen LogP contribution in [0.2, 0.25) is 0 Å². The molecule has 3 aromatic rings. The first-order valence-electron chi connectivity index (χ1n) is 6.47. The van der Waals surface area contributed by atoms with Crippen molar-refractivity contribution < 1.29 is 9.52 Å². The minimum Gasteiger partial charge on any atom is -0.508 e. The number of aliphatic hydroxyl groups is 1. The molecule has 6 nitrogen and oxygen atoms in total. The molecule has 3 rings (SSSR count). The molecule has 0 aromatic carbocycles. The molecule has 0 aliphatic heterocycles. The van der Waals surface area contributed by atoms with Crippen molar-refractivity contribution in [3.63, 3.8) is 0 Å². The fourth-order valence-electron chi connectivity index (χ4n) is 2.00. The van der Waals surface area contributed by atoms with Crippen molar-refractivity contribution in [3.05, 3.63) is 58.7 Å². The molecule has 0 spiro atoms. The number of fused-ring (bicyclic) bond motifs is 1. The Kier molecular flexibility index (Phi) is 3.64. The molecule has 0 aliphatic rings. The van der Waals surface area contributed by atoms with Crippen LogP contribution in [0.5, 0.6) is 0 Å². The van der Waals surface area contributed by atoms with Gasteiger partial charge in [-0.3, -0.25) is 4.98 Å². The van der Waals surface area contributed by atoms with Crippen LogP contribution in [0.1, 0.15) is 11.1 Å². The van der Waals surface area contributed by atoms with Crippen LogP contribution in [-0.2, 0) is 6.54 Å². The van der Waals surface area contributed by atoms with E-state index in [0.29, 0.717) is 16.4 Å². The SMILES string of the molecule is C=C(O)c1cc2sc(N(C)Cc3cccnc3)nc2oc1=O. The highest BCUT2D eigenvalue weighted by Gasteiger charge is 2.14. The van der Waals surface area contributed by atoms with Crippen molar-refractivity contribution >= 4 is 32.6 Å². The van der Waals surface area contributed by atoms with Crippen molar-refractivity contribution in [1.29, 1.82) is 0 Å². The predicted octanol–water partition coefficient (Wildman–Crippen LogP) is 2.81. The summed E-state index contributed by atoms with van der Waals surface area (Å²) in [4.78, 5) is 22.0. The minimum atomic E-state index is -0.647. The number of anilines is 1. The number of nitrogens with zero attached hydrogens (tertiary/aromatic N) is 3. The van der Waals surface area contributed by atoms with Crippen LogP contribution in [0.3, 0.4) is 0 Å². The molecule has 3 aromatic heterocycles. The van der Waals surface area contributed by atoms with Crippen molar-refractivity contribution in [3.8, 4) is 0 Å². The van der Waals surface area contributed by atoms with E-state index >= 15 is 0 Å². The van der Waals surface area contributed by atoms with Gasteiger partial charge in [-0.1, -0.05) is 24.0 Å². The molecule has 22 heavy (non-hydrogen) atoms.